The predicted molar refractivity (Wildman–Crippen MR) is 75.0 cm³/mol. The minimum atomic E-state index is -0.229. The van der Waals surface area contributed by atoms with E-state index in [4.69, 9.17) is 12.2 Å². The van der Waals surface area contributed by atoms with Crippen LogP contribution >= 0.6 is 12.2 Å². The van der Waals surface area contributed by atoms with Gasteiger partial charge in [0, 0.05) is 11.7 Å². The molecule has 0 aromatic heterocycles. The summed E-state index contributed by atoms with van der Waals surface area (Å²) in [7, 11) is 0. The summed E-state index contributed by atoms with van der Waals surface area (Å²) in [4.78, 5) is 0. The van der Waals surface area contributed by atoms with E-state index in [-0.39, 0.29) is 5.82 Å². The van der Waals surface area contributed by atoms with Crippen LogP contribution in [0.5, 0.6) is 0 Å². The van der Waals surface area contributed by atoms with Crippen LogP contribution < -0.4 is 10.6 Å². The predicted octanol–water partition coefficient (Wildman–Crippen LogP) is 3.30. The van der Waals surface area contributed by atoms with Crippen LogP contribution in [-0.4, -0.2) is 11.2 Å². The third kappa shape index (κ3) is 2.48. The first kappa shape index (κ1) is 11.9. The molecule has 0 unspecified atom stereocenters. The molecule has 2 saturated carbocycles. The van der Waals surface area contributed by atoms with Crippen LogP contribution in [0.15, 0.2) is 24.3 Å². The van der Waals surface area contributed by atoms with Gasteiger partial charge in [0.15, 0.2) is 5.11 Å². The number of hydrogen-bond donors (Lipinski definition) is 2. The molecule has 2 atom stereocenters. The van der Waals surface area contributed by atoms with E-state index in [1.165, 1.54) is 37.8 Å². The van der Waals surface area contributed by atoms with Crippen molar-refractivity contribution in [3.8, 4) is 0 Å². The molecular formula is C14H17FN2S. The van der Waals surface area contributed by atoms with E-state index in [0.717, 1.165) is 17.5 Å². The third-order valence-corrected chi connectivity index (χ3v) is 4.28. The van der Waals surface area contributed by atoms with Gasteiger partial charge in [-0.05, 0) is 61.2 Å². The first-order valence-corrected chi connectivity index (χ1v) is 6.98. The lowest BCUT2D eigenvalue weighted by atomic mass is 10.0. The minimum Gasteiger partial charge on any atom is -0.359 e. The quantitative estimate of drug-likeness (QED) is 0.801. The average molecular weight is 264 g/mol. The summed E-state index contributed by atoms with van der Waals surface area (Å²) in [6.07, 6.45) is 5.39. The Morgan fingerprint density at radius 1 is 1.11 bits per heavy atom. The Morgan fingerprint density at radius 3 is 2.33 bits per heavy atom. The fraction of sp³-hybridized carbons (Fsp3) is 0.500. The second-order valence-corrected chi connectivity index (χ2v) is 5.65. The smallest absolute Gasteiger partial charge is 0.171 e. The van der Waals surface area contributed by atoms with Crippen LogP contribution in [0.2, 0.25) is 0 Å². The zero-order valence-corrected chi connectivity index (χ0v) is 11.0. The Kier molecular flexibility index (Phi) is 3.20. The Hall–Kier alpha value is -1.16. The normalized spacial score (nSPS) is 29.3. The maximum atomic E-state index is 12.8. The zero-order chi connectivity index (χ0) is 12.5. The topological polar surface area (TPSA) is 24.1 Å². The second-order valence-electron chi connectivity index (χ2n) is 5.24. The second kappa shape index (κ2) is 4.84. The van der Waals surface area contributed by atoms with Crippen LogP contribution in [0.4, 0.5) is 10.1 Å². The number of halogens is 1. The van der Waals surface area contributed by atoms with E-state index in [1.54, 1.807) is 12.1 Å². The maximum absolute atomic E-state index is 12.8. The molecule has 0 saturated heterocycles. The first-order chi connectivity index (χ1) is 8.74. The largest absolute Gasteiger partial charge is 0.359 e. The monoisotopic (exact) mass is 264 g/mol. The van der Waals surface area contributed by atoms with Gasteiger partial charge < -0.3 is 10.6 Å². The van der Waals surface area contributed by atoms with Gasteiger partial charge in [-0.15, -0.1) is 0 Å². The van der Waals surface area contributed by atoms with Crippen molar-refractivity contribution in [3.05, 3.63) is 30.1 Å². The zero-order valence-electron chi connectivity index (χ0n) is 10.2. The molecule has 2 aliphatic carbocycles. The van der Waals surface area contributed by atoms with Crippen molar-refractivity contribution >= 4 is 23.0 Å². The SMILES string of the molecule is Fc1ccc(NC(=S)NC2[C@@H]3CCCC[C@@H]23)cc1. The first-order valence-electron chi connectivity index (χ1n) is 6.57. The molecule has 0 amide bonds. The lowest BCUT2D eigenvalue weighted by molar-refractivity contribution is 0.480. The molecular weight excluding hydrogens is 247 g/mol. The van der Waals surface area contributed by atoms with Gasteiger partial charge in [0.05, 0.1) is 0 Å². The third-order valence-electron chi connectivity index (χ3n) is 4.06. The molecule has 4 heteroatoms. The highest BCUT2D eigenvalue weighted by Crippen LogP contribution is 2.49. The highest BCUT2D eigenvalue weighted by atomic mass is 32.1. The Bertz CT molecular complexity index is 434. The van der Waals surface area contributed by atoms with Gasteiger partial charge in [-0.3, -0.25) is 0 Å². The van der Waals surface area contributed by atoms with Crippen LogP contribution in [0, 0.1) is 17.7 Å². The van der Waals surface area contributed by atoms with Gasteiger partial charge in [-0.2, -0.15) is 0 Å². The van der Waals surface area contributed by atoms with E-state index in [1.807, 2.05) is 0 Å². The van der Waals surface area contributed by atoms with E-state index in [0.29, 0.717) is 11.2 Å². The van der Waals surface area contributed by atoms with Crippen LogP contribution in [-0.2, 0) is 0 Å². The molecule has 1 aromatic carbocycles. The molecule has 0 bridgehead atoms. The molecule has 3 rings (SSSR count). The van der Waals surface area contributed by atoms with Gasteiger partial charge in [0.2, 0.25) is 0 Å². The summed E-state index contributed by atoms with van der Waals surface area (Å²) < 4.78 is 12.8. The van der Waals surface area contributed by atoms with E-state index in [9.17, 15) is 4.39 Å². The van der Waals surface area contributed by atoms with Crippen molar-refractivity contribution in [2.45, 2.75) is 31.7 Å². The van der Waals surface area contributed by atoms with Crippen LogP contribution in [0.1, 0.15) is 25.7 Å². The van der Waals surface area contributed by atoms with Gasteiger partial charge in [-0.1, -0.05) is 12.8 Å². The number of rotatable bonds is 2. The molecule has 0 radical (unpaired) electrons. The number of fused-ring (bicyclic) bond motifs is 1. The van der Waals surface area contributed by atoms with Gasteiger partial charge >= 0.3 is 0 Å². The van der Waals surface area contributed by atoms with E-state index in [2.05, 4.69) is 10.6 Å². The molecule has 2 nitrogen and oxygen atoms in total. The van der Waals surface area contributed by atoms with Gasteiger partial charge in [-0.25, -0.2) is 4.39 Å². The molecule has 2 N–H and O–H groups in total. The van der Waals surface area contributed by atoms with Crippen molar-refractivity contribution in [2.75, 3.05) is 5.32 Å². The highest BCUT2D eigenvalue weighted by molar-refractivity contribution is 7.80. The fourth-order valence-electron chi connectivity index (χ4n) is 3.06. The number of hydrogen-bond acceptors (Lipinski definition) is 1. The van der Waals surface area contributed by atoms with Crippen molar-refractivity contribution in [1.82, 2.24) is 5.32 Å². The summed E-state index contributed by atoms with van der Waals surface area (Å²) in [6.45, 7) is 0. The van der Waals surface area contributed by atoms with Crippen molar-refractivity contribution in [3.63, 3.8) is 0 Å². The maximum Gasteiger partial charge on any atom is 0.171 e. The number of nitrogens with one attached hydrogen (secondary N) is 2. The molecule has 18 heavy (non-hydrogen) atoms. The fourth-order valence-corrected chi connectivity index (χ4v) is 3.31. The molecule has 2 fully saturated rings. The summed E-state index contributed by atoms with van der Waals surface area (Å²) in [6, 6.07) is 6.82. The summed E-state index contributed by atoms with van der Waals surface area (Å²) in [5, 5.41) is 7.14. The lowest BCUT2D eigenvalue weighted by Crippen LogP contribution is -2.31. The summed E-state index contributed by atoms with van der Waals surface area (Å²) in [5.74, 6) is 1.42. The Morgan fingerprint density at radius 2 is 1.72 bits per heavy atom. The van der Waals surface area contributed by atoms with Crippen molar-refractivity contribution in [2.24, 2.45) is 11.8 Å². The highest BCUT2D eigenvalue weighted by Gasteiger charge is 2.50. The molecule has 96 valence electrons. The minimum absolute atomic E-state index is 0.229. The van der Waals surface area contributed by atoms with Gasteiger partial charge in [0.25, 0.3) is 0 Å². The molecule has 0 heterocycles. The Labute approximate surface area is 112 Å². The van der Waals surface area contributed by atoms with Gasteiger partial charge in [0.1, 0.15) is 5.82 Å². The van der Waals surface area contributed by atoms with E-state index >= 15 is 0 Å². The molecule has 0 spiro atoms. The molecule has 0 aliphatic heterocycles. The Balaban J connectivity index is 1.52. The van der Waals surface area contributed by atoms with Crippen LogP contribution in [0.3, 0.4) is 0 Å². The average Bonchev–Trinajstić information content (AvgIpc) is 3.06. The van der Waals surface area contributed by atoms with Crippen LogP contribution in [0.25, 0.3) is 0 Å². The number of benzene rings is 1. The van der Waals surface area contributed by atoms with E-state index < -0.39 is 0 Å². The number of thiocarbonyl (C=S) groups is 1. The number of anilines is 1. The van der Waals surface area contributed by atoms with Crippen molar-refractivity contribution < 1.29 is 4.39 Å². The van der Waals surface area contributed by atoms with Crippen molar-refractivity contribution in [1.29, 1.82) is 0 Å². The lowest BCUT2D eigenvalue weighted by Gasteiger charge is -2.10. The summed E-state index contributed by atoms with van der Waals surface area (Å²) >= 11 is 5.29. The molecule has 2 aliphatic rings. The standard InChI is InChI=1S/C14H17FN2S/c15-9-5-7-10(8-6-9)16-14(18)17-13-11-3-1-2-4-12(11)13/h5-8,11-13H,1-4H2,(H2,16,17,18)/t11-,12-/m1/s1. The summed E-state index contributed by atoms with van der Waals surface area (Å²) in [5.41, 5.74) is 0.831. The molecule has 1 aromatic rings.